The van der Waals surface area contributed by atoms with E-state index in [0.717, 1.165) is 17.9 Å². The number of ether oxygens (including phenoxy) is 2. The van der Waals surface area contributed by atoms with Gasteiger partial charge in [-0.3, -0.25) is 0 Å². The van der Waals surface area contributed by atoms with E-state index in [2.05, 4.69) is 13.0 Å². The Morgan fingerprint density at radius 1 is 1.31 bits per heavy atom. The molecule has 0 spiro atoms. The van der Waals surface area contributed by atoms with Crippen LogP contribution in [-0.4, -0.2) is 25.0 Å². The maximum atomic E-state index is 5.69. The van der Waals surface area contributed by atoms with Gasteiger partial charge in [0.15, 0.2) is 11.5 Å². The van der Waals surface area contributed by atoms with E-state index < -0.39 is 0 Å². The van der Waals surface area contributed by atoms with Crippen LogP contribution >= 0.6 is 11.8 Å². The van der Waals surface area contributed by atoms with Crippen molar-refractivity contribution < 1.29 is 9.47 Å². The van der Waals surface area contributed by atoms with Gasteiger partial charge in [0, 0.05) is 16.7 Å². The highest BCUT2D eigenvalue weighted by atomic mass is 32.2. The molecule has 4 heteroatoms. The molecule has 0 saturated carbocycles. The van der Waals surface area contributed by atoms with Crippen LogP contribution in [0.3, 0.4) is 0 Å². The molecular formula is C12H17NO2S. The molecule has 0 amide bonds. The monoisotopic (exact) mass is 239 g/mol. The van der Waals surface area contributed by atoms with Crippen LogP contribution in [0.2, 0.25) is 0 Å². The van der Waals surface area contributed by atoms with Crippen LogP contribution in [0.25, 0.3) is 0 Å². The van der Waals surface area contributed by atoms with Gasteiger partial charge in [-0.25, -0.2) is 0 Å². The third-order valence-electron chi connectivity index (χ3n) is 2.53. The minimum Gasteiger partial charge on any atom is -0.486 e. The van der Waals surface area contributed by atoms with Crippen molar-refractivity contribution in [3.05, 3.63) is 18.2 Å². The van der Waals surface area contributed by atoms with Crippen LogP contribution < -0.4 is 15.2 Å². The minimum atomic E-state index is 0.475. The zero-order valence-corrected chi connectivity index (χ0v) is 10.3. The molecule has 0 aliphatic carbocycles. The fourth-order valence-corrected chi connectivity index (χ4v) is 2.56. The second kappa shape index (κ2) is 5.46. The smallest absolute Gasteiger partial charge is 0.162 e. The van der Waals surface area contributed by atoms with Gasteiger partial charge in [0.2, 0.25) is 0 Å². The third-order valence-corrected chi connectivity index (χ3v) is 3.92. The molecule has 1 aromatic carbocycles. The molecule has 0 saturated heterocycles. The van der Waals surface area contributed by atoms with Crippen LogP contribution in [0, 0.1) is 0 Å². The van der Waals surface area contributed by atoms with E-state index >= 15 is 0 Å². The number of benzene rings is 1. The molecule has 2 rings (SSSR count). The number of hydrogen-bond donors (Lipinski definition) is 1. The summed E-state index contributed by atoms with van der Waals surface area (Å²) in [4.78, 5) is 1.20. The van der Waals surface area contributed by atoms with Crippen molar-refractivity contribution in [2.24, 2.45) is 5.73 Å². The van der Waals surface area contributed by atoms with E-state index in [1.54, 1.807) is 11.8 Å². The van der Waals surface area contributed by atoms with Crippen molar-refractivity contribution in [3.63, 3.8) is 0 Å². The first-order chi connectivity index (χ1) is 7.83. The molecule has 3 nitrogen and oxygen atoms in total. The second-order valence-corrected chi connectivity index (χ2v) is 5.06. The van der Waals surface area contributed by atoms with E-state index in [0.29, 0.717) is 25.0 Å². The Hall–Kier alpha value is -0.870. The molecule has 1 aromatic rings. The van der Waals surface area contributed by atoms with Crippen LogP contribution in [0.5, 0.6) is 11.5 Å². The Balaban J connectivity index is 2.10. The summed E-state index contributed by atoms with van der Waals surface area (Å²) in [5.74, 6) is 1.69. The predicted molar refractivity (Wildman–Crippen MR) is 66.4 cm³/mol. The van der Waals surface area contributed by atoms with Crippen molar-refractivity contribution in [2.75, 3.05) is 19.8 Å². The summed E-state index contributed by atoms with van der Waals surface area (Å²) in [6.45, 7) is 4.13. The highest BCUT2D eigenvalue weighted by Crippen LogP contribution is 2.35. The zero-order valence-electron chi connectivity index (χ0n) is 9.44. The average molecular weight is 239 g/mol. The Morgan fingerprint density at radius 3 is 2.75 bits per heavy atom. The van der Waals surface area contributed by atoms with Crippen molar-refractivity contribution in [2.45, 2.75) is 23.5 Å². The number of thioether (sulfide) groups is 1. The van der Waals surface area contributed by atoms with Gasteiger partial charge in [-0.2, -0.15) is 0 Å². The first kappa shape index (κ1) is 11.6. The summed E-state index contributed by atoms with van der Waals surface area (Å²) in [7, 11) is 0. The molecule has 1 aliphatic heterocycles. The van der Waals surface area contributed by atoms with Crippen LogP contribution in [0.4, 0.5) is 0 Å². The first-order valence-corrected chi connectivity index (χ1v) is 6.47. The van der Waals surface area contributed by atoms with Gasteiger partial charge in [-0.1, -0.05) is 6.92 Å². The van der Waals surface area contributed by atoms with E-state index in [1.807, 2.05) is 12.1 Å². The van der Waals surface area contributed by atoms with Crippen LogP contribution in [0.15, 0.2) is 23.1 Å². The Kier molecular flexibility index (Phi) is 3.96. The van der Waals surface area contributed by atoms with E-state index in [-0.39, 0.29) is 0 Å². The SMILES string of the molecule is CCC(CN)Sc1ccc2c(c1)OCCO2. The lowest BCUT2D eigenvalue weighted by molar-refractivity contribution is 0.171. The molecule has 0 fully saturated rings. The molecule has 0 bridgehead atoms. The summed E-state index contributed by atoms with van der Waals surface area (Å²) in [5, 5.41) is 0.475. The number of nitrogens with two attached hydrogens (primary N) is 1. The van der Waals surface area contributed by atoms with Crippen molar-refractivity contribution in [1.29, 1.82) is 0 Å². The van der Waals surface area contributed by atoms with Gasteiger partial charge >= 0.3 is 0 Å². The number of hydrogen-bond acceptors (Lipinski definition) is 4. The summed E-state index contributed by atoms with van der Waals surface area (Å²) in [6.07, 6.45) is 1.08. The lowest BCUT2D eigenvalue weighted by atomic mass is 10.3. The molecular weight excluding hydrogens is 222 g/mol. The molecule has 0 radical (unpaired) electrons. The van der Waals surface area contributed by atoms with Crippen molar-refractivity contribution in [1.82, 2.24) is 0 Å². The zero-order chi connectivity index (χ0) is 11.4. The summed E-state index contributed by atoms with van der Waals surface area (Å²) in [6, 6.07) is 6.08. The lowest BCUT2D eigenvalue weighted by Crippen LogP contribution is -2.16. The predicted octanol–water partition coefficient (Wildman–Crippen LogP) is 2.29. The van der Waals surface area contributed by atoms with Gasteiger partial charge in [0.05, 0.1) is 0 Å². The first-order valence-electron chi connectivity index (χ1n) is 5.60. The van der Waals surface area contributed by atoms with Gasteiger partial charge in [0.25, 0.3) is 0 Å². The Bertz CT molecular complexity index is 353. The maximum absolute atomic E-state index is 5.69. The maximum Gasteiger partial charge on any atom is 0.162 e. The highest BCUT2D eigenvalue weighted by Gasteiger charge is 2.13. The summed E-state index contributed by atoms with van der Waals surface area (Å²) in [5.41, 5.74) is 5.69. The fourth-order valence-electron chi connectivity index (χ4n) is 1.59. The van der Waals surface area contributed by atoms with Crippen LogP contribution in [-0.2, 0) is 0 Å². The quantitative estimate of drug-likeness (QED) is 0.819. The third kappa shape index (κ3) is 2.62. The molecule has 2 N–H and O–H groups in total. The summed E-state index contributed by atoms with van der Waals surface area (Å²) < 4.78 is 11.0. The topological polar surface area (TPSA) is 44.5 Å². The van der Waals surface area contributed by atoms with Gasteiger partial charge in [0.1, 0.15) is 13.2 Å². The standard InChI is InChI=1S/C12H17NO2S/c1-2-9(8-13)16-10-3-4-11-12(7-10)15-6-5-14-11/h3-4,7,9H,2,5-6,8,13H2,1H3. The molecule has 88 valence electrons. The Labute approximate surface area is 100 Å². The van der Waals surface area contributed by atoms with Gasteiger partial charge in [-0.15, -0.1) is 11.8 Å². The number of rotatable bonds is 4. The molecule has 1 atom stereocenters. The van der Waals surface area contributed by atoms with Gasteiger partial charge < -0.3 is 15.2 Å². The van der Waals surface area contributed by atoms with E-state index in [1.165, 1.54) is 4.90 Å². The van der Waals surface area contributed by atoms with Crippen molar-refractivity contribution in [3.8, 4) is 11.5 Å². The normalized spacial score (nSPS) is 15.9. The average Bonchev–Trinajstić information content (AvgIpc) is 2.35. The van der Waals surface area contributed by atoms with Crippen LogP contribution in [0.1, 0.15) is 13.3 Å². The van der Waals surface area contributed by atoms with E-state index in [9.17, 15) is 0 Å². The largest absolute Gasteiger partial charge is 0.486 e. The molecule has 0 aromatic heterocycles. The highest BCUT2D eigenvalue weighted by molar-refractivity contribution is 8.00. The fraction of sp³-hybridized carbons (Fsp3) is 0.500. The molecule has 1 aliphatic rings. The molecule has 1 unspecified atom stereocenters. The van der Waals surface area contributed by atoms with Crippen molar-refractivity contribution >= 4 is 11.8 Å². The Morgan fingerprint density at radius 2 is 2.06 bits per heavy atom. The molecule has 1 heterocycles. The van der Waals surface area contributed by atoms with E-state index in [4.69, 9.17) is 15.2 Å². The van der Waals surface area contributed by atoms with Gasteiger partial charge in [-0.05, 0) is 24.6 Å². The summed E-state index contributed by atoms with van der Waals surface area (Å²) >= 11 is 1.80. The second-order valence-electron chi connectivity index (χ2n) is 3.69. The lowest BCUT2D eigenvalue weighted by Gasteiger charge is -2.19. The number of fused-ring (bicyclic) bond motifs is 1. The minimum absolute atomic E-state index is 0.475. The molecule has 16 heavy (non-hydrogen) atoms.